The first-order valence-electron chi connectivity index (χ1n) is 6.87. The van der Waals surface area contributed by atoms with E-state index in [9.17, 15) is 0 Å². The van der Waals surface area contributed by atoms with Crippen LogP contribution < -0.4 is 5.32 Å². The van der Waals surface area contributed by atoms with E-state index < -0.39 is 0 Å². The van der Waals surface area contributed by atoms with Gasteiger partial charge >= 0.3 is 0 Å². The van der Waals surface area contributed by atoms with Crippen molar-refractivity contribution in [2.45, 2.75) is 13.6 Å². The van der Waals surface area contributed by atoms with Gasteiger partial charge in [0, 0.05) is 10.6 Å². The van der Waals surface area contributed by atoms with Gasteiger partial charge in [-0.25, -0.2) is 4.68 Å². The highest BCUT2D eigenvalue weighted by Gasteiger charge is 2.08. The predicted molar refractivity (Wildman–Crippen MR) is 95.6 cm³/mol. The van der Waals surface area contributed by atoms with Gasteiger partial charge in [0.25, 0.3) is 4.84 Å². The summed E-state index contributed by atoms with van der Waals surface area (Å²) in [5.74, 6) is 0.485. The molecule has 0 fully saturated rings. The second-order valence-corrected chi connectivity index (χ2v) is 6.19. The Morgan fingerprint density at radius 1 is 1.17 bits per heavy atom. The summed E-state index contributed by atoms with van der Waals surface area (Å²) in [6, 6.07) is 13.1. The summed E-state index contributed by atoms with van der Waals surface area (Å²) in [5, 5.41) is 8.66. The molecule has 0 unspecified atom stereocenters. The maximum absolute atomic E-state index is 6.13. The van der Waals surface area contributed by atoms with Crippen molar-refractivity contribution in [2.75, 3.05) is 5.32 Å². The molecule has 0 aliphatic rings. The third kappa shape index (κ3) is 3.75. The summed E-state index contributed by atoms with van der Waals surface area (Å²) < 4.78 is 7.12. The molecule has 3 aromatic rings. The number of nitrogens with one attached hydrogen (secondary N) is 1. The lowest BCUT2D eigenvalue weighted by atomic mass is 10.1. The molecule has 3 rings (SSSR count). The van der Waals surface area contributed by atoms with Crippen LogP contribution in [-0.2, 0) is 6.67 Å². The van der Waals surface area contributed by atoms with E-state index in [1.165, 1.54) is 5.56 Å². The van der Waals surface area contributed by atoms with Crippen molar-refractivity contribution in [1.82, 2.24) is 9.78 Å². The number of benzene rings is 2. The molecule has 0 bridgehead atoms. The smallest absolute Gasteiger partial charge is 0.289 e. The van der Waals surface area contributed by atoms with Crippen LogP contribution in [0.25, 0.3) is 11.5 Å². The third-order valence-electron chi connectivity index (χ3n) is 3.26. The molecule has 1 heterocycles. The van der Waals surface area contributed by atoms with Gasteiger partial charge in [-0.2, -0.15) is 0 Å². The van der Waals surface area contributed by atoms with Crippen molar-refractivity contribution in [3.63, 3.8) is 0 Å². The molecule has 0 aliphatic carbocycles. The fourth-order valence-corrected chi connectivity index (χ4v) is 2.67. The van der Waals surface area contributed by atoms with E-state index in [4.69, 9.17) is 39.8 Å². The largest absolute Gasteiger partial charge is 0.409 e. The van der Waals surface area contributed by atoms with Crippen LogP contribution in [0.5, 0.6) is 0 Å². The quantitative estimate of drug-likeness (QED) is 0.614. The van der Waals surface area contributed by atoms with Crippen molar-refractivity contribution < 1.29 is 4.42 Å². The normalized spacial score (nSPS) is 10.7. The molecule has 0 radical (unpaired) electrons. The molecule has 118 valence electrons. The fourth-order valence-electron chi connectivity index (χ4n) is 2.01. The van der Waals surface area contributed by atoms with E-state index >= 15 is 0 Å². The maximum atomic E-state index is 6.13. The second kappa shape index (κ2) is 6.74. The number of rotatable bonds is 4. The van der Waals surface area contributed by atoms with Crippen molar-refractivity contribution in [3.05, 3.63) is 62.9 Å². The minimum Gasteiger partial charge on any atom is -0.409 e. The van der Waals surface area contributed by atoms with Gasteiger partial charge in [-0.05, 0) is 49.5 Å². The van der Waals surface area contributed by atoms with Crippen LogP contribution in [0.15, 0.2) is 46.9 Å². The highest BCUT2D eigenvalue weighted by molar-refractivity contribution is 7.71. The Morgan fingerprint density at radius 2 is 1.91 bits per heavy atom. The van der Waals surface area contributed by atoms with Crippen molar-refractivity contribution >= 4 is 41.1 Å². The molecule has 0 atom stereocenters. The Hall–Kier alpha value is -1.82. The monoisotopic (exact) mass is 365 g/mol. The highest BCUT2D eigenvalue weighted by atomic mass is 35.5. The predicted octanol–water partition coefficient (Wildman–Crippen LogP) is 5.56. The Labute approximate surface area is 148 Å². The topological polar surface area (TPSA) is 43.0 Å². The molecule has 0 saturated heterocycles. The zero-order valence-corrected chi connectivity index (χ0v) is 14.5. The first kappa shape index (κ1) is 16.1. The molecule has 0 spiro atoms. The minimum absolute atomic E-state index is 0.290. The molecule has 0 aliphatic heterocycles. The highest BCUT2D eigenvalue weighted by Crippen LogP contribution is 2.25. The van der Waals surface area contributed by atoms with Gasteiger partial charge in [-0.3, -0.25) is 0 Å². The number of aromatic nitrogens is 2. The van der Waals surface area contributed by atoms with E-state index in [0.29, 0.717) is 22.6 Å². The number of anilines is 1. The molecule has 4 nitrogen and oxygen atoms in total. The first-order chi connectivity index (χ1) is 11.0. The number of hydrogen-bond acceptors (Lipinski definition) is 4. The van der Waals surface area contributed by atoms with Gasteiger partial charge in [-0.15, -0.1) is 5.10 Å². The average Bonchev–Trinajstić information content (AvgIpc) is 2.88. The van der Waals surface area contributed by atoms with Crippen LogP contribution >= 0.6 is 35.4 Å². The molecular formula is C16H13Cl2N3OS. The molecule has 1 aromatic heterocycles. The van der Waals surface area contributed by atoms with Gasteiger partial charge in [0.1, 0.15) is 6.67 Å². The van der Waals surface area contributed by atoms with Crippen LogP contribution in [0.3, 0.4) is 0 Å². The van der Waals surface area contributed by atoms with E-state index in [0.717, 1.165) is 11.3 Å². The standard InChI is InChI=1S/C16H13Cl2N3OS/c1-10-2-4-11(5-3-10)15-20-21(16(23)22-15)9-19-14-7-6-12(17)8-13(14)18/h2-8,19H,9H2,1H3. The number of nitrogens with zero attached hydrogens (tertiary/aromatic N) is 2. The zero-order chi connectivity index (χ0) is 16.4. The van der Waals surface area contributed by atoms with Crippen molar-refractivity contribution in [1.29, 1.82) is 0 Å². The Morgan fingerprint density at radius 3 is 2.61 bits per heavy atom. The van der Waals surface area contributed by atoms with Gasteiger partial charge in [-0.1, -0.05) is 40.9 Å². The molecule has 0 amide bonds. The fraction of sp³-hybridized carbons (Fsp3) is 0.125. The molecular weight excluding hydrogens is 353 g/mol. The third-order valence-corrected chi connectivity index (χ3v) is 4.10. The average molecular weight is 366 g/mol. The summed E-state index contributed by atoms with van der Waals surface area (Å²) in [6.45, 7) is 2.37. The number of aryl methyl sites for hydroxylation is 1. The van der Waals surface area contributed by atoms with Crippen LogP contribution in [0.4, 0.5) is 5.69 Å². The number of halogens is 2. The Bertz CT molecular complexity index is 887. The SMILES string of the molecule is Cc1ccc(-c2nn(CNc3ccc(Cl)cc3Cl)c(=S)o2)cc1. The molecule has 23 heavy (non-hydrogen) atoms. The van der Waals surface area contributed by atoms with Crippen LogP contribution in [0.2, 0.25) is 10.0 Å². The summed E-state index contributed by atoms with van der Waals surface area (Å²) in [6.07, 6.45) is 0. The Balaban J connectivity index is 1.79. The lowest BCUT2D eigenvalue weighted by molar-refractivity contribution is 0.522. The lowest BCUT2D eigenvalue weighted by Gasteiger charge is -2.07. The maximum Gasteiger partial charge on any atom is 0.289 e. The van der Waals surface area contributed by atoms with Gasteiger partial charge in [0.15, 0.2) is 0 Å². The summed E-state index contributed by atoms with van der Waals surface area (Å²) in [5.41, 5.74) is 2.80. The van der Waals surface area contributed by atoms with Gasteiger partial charge in [0.05, 0.1) is 10.7 Å². The van der Waals surface area contributed by atoms with Crippen LogP contribution in [0, 0.1) is 11.8 Å². The van der Waals surface area contributed by atoms with Crippen molar-refractivity contribution in [3.8, 4) is 11.5 Å². The molecule has 7 heteroatoms. The summed E-state index contributed by atoms with van der Waals surface area (Å²) in [7, 11) is 0. The van der Waals surface area contributed by atoms with E-state index in [2.05, 4.69) is 10.4 Å². The number of hydrogen-bond donors (Lipinski definition) is 1. The molecule has 0 saturated carbocycles. The van der Waals surface area contributed by atoms with E-state index in [1.54, 1.807) is 22.9 Å². The van der Waals surface area contributed by atoms with E-state index in [-0.39, 0.29) is 4.84 Å². The lowest BCUT2D eigenvalue weighted by Crippen LogP contribution is -2.09. The van der Waals surface area contributed by atoms with Crippen LogP contribution in [0.1, 0.15) is 5.56 Å². The van der Waals surface area contributed by atoms with Gasteiger partial charge in [0.2, 0.25) is 5.89 Å². The first-order valence-corrected chi connectivity index (χ1v) is 8.03. The molecule has 1 N–H and O–H groups in total. The zero-order valence-electron chi connectivity index (χ0n) is 12.2. The Kier molecular flexibility index (Phi) is 4.71. The minimum atomic E-state index is 0.290. The van der Waals surface area contributed by atoms with Crippen LogP contribution in [-0.4, -0.2) is 9.78 Å². The second-order valence-electron chi connectivity index (χ2n) is 5.00. The van der Waals surface area contributed by atoms with Crippen molar-refractivity contribution in [2.24, 2.45) is 0 Å². The van der Waals surface area contributed by atoms with E-state index in [1.807, 2.05) is 31.2 Å². The molecule has 2 aromatic carbocycles. The van der Waals surface area contributed by atoms with Gasteiger partial charge < -0.3 is 9.73 Å². The summed E-state index contributed by atoms with van der Waals surface area (Å²) >= 11 is 17.2. The summed E-state index contributed by atoms with van der Waals surface area (Å²) in [4.78, 5) is 0.290.